The first kappa shape index (κ1) is 13.9. The second-order valence-corrected chi connectivity index (χ2v) is 4.68. The minimum Gasteiger partial charge on any atom is -0.484 e. The van der Waals surface area contributed by atoms with E-state index in [0.29, 0.717) is 26.3 Å². The minimum absolute atomic E-state index is 0.0317. The van der Waals surface area contributed by atoms with Gasteiger partial charge in [0, 0.05) is 13.1 Å². The zero-order chi connectivity index (χ0) is 13.5. The molecule has 0 aromatic heterocycles. The monoisotopic (exact) mass is 263 g/mol. The van der Waals surface area contributed by atoms with Crippen molar-refractivity contribution < 1.29 is 14.3 Å². The fraction of sp³-hybridized carbons (Fsp3) is 0.533. The van der Waals surface area contributed by atoms with E-state index in [1.54, 1.807) is 4.90 Å². The summed E-state index contributed by atoms with van der Waals surface area (Å²) < 4.78 is 10.8. The molecule has 1 saturated heterocycles. The molecule has 0 aliphatic carbocycles. The number of ether oxygens (including phenoxy) is 2. The number of nitrogens with zero attached hydrogens (tertiary/aromatic N) is 1. The Morgan fingerprint density at radius 1 is 1.37 bits per heavy atom. The highest BCUT2D eigenvalue weighted by molar-refractivity contribution is 5.77. The van der Waals surface area contributed by atoms with Crippen molar-refractivity contribution in [2.45, 2.75) is 19.8 Å². The minimum atomic E-state index is 0.0317. The van der Waals surface area contributed by atoms with Crippen molar-refractivity contribution in [3.63, 3.8) is 0 Å². The van der Waals surface area contributed by atoms with Gasteiger partial charge in [0.15, 0.2) is 6.61 Å². The summed E-state index contributed by atoms with van der Waals surface area (Å²) in [6, 6.07) is 7.96. The standard InChI is InChI=1S/C15H21NO3/c1-2-4-13-5-3-6-14(11-13)19-12-15(17)16-7-9-18-10-8-16/h3,5-6,11H,2,4,7-10,12H2,1H3. The van der Waals surface area contributed by atoms with Gasteiger partial charge in [-0.05, 0) is 24.1 Å². The molecule has 2 rings (SSSR count). The van der Waals surface area contributed by atoms with Gasteiger partial charge in [-0.25, -0.2) is 0 Å². The average Bonchev–Trinajstić information content (AvgIpc) is 2.46. The molecule has 0 N–H and O–H groups in total. The predicted molar refractivity (Wildman–Crippen MR) is 73.3 cm³/mol. The molecule has 0 spiro atoms. The molecule has 0 unspecified atom stereocenters. The van der Waals surface area contributed by atoms with Gasteiger partial charge in [-0.3, -0.25) is 4.79 Å². The summed E-state index contributed by atoms with van der Waals surface area (Å²) in [5.41, 5.74) is 1.25. The Morgan fingerprint density at radius 3 is 2.89 bits per heavy atom. The van der Waals surface area contributed by atoms with Crippen LogP contribution in [0.5, 0.6) is 5.75 Å². The molecule has 1 heterocycles. The summed E-state index contributed by atoms with van der Waals surface area (Å²) >= 11 is 0. The van der Waals surface area contributed by atoms with Crippen molar-refractivity contribution >= 4 is 5.91 Å². The molecule has 1 aliphatic rings. The number of amides is 1. The molecule has 0 bridgehead atoms. The molecule has 19 heavy (non-hydrogen) atoms. The maximum absolute atomic E-state index is 11.9. The van der Waals surface area contributed by atoms with Crippen LogP contribution >= 0.6 is 0 Å². The Labute approximate surface area is 114 Å². The summed E-state index contributed by atoms with van der Waals surface area (Å²) in [6.45, 7) is 4.83. The van der Waals surface area contributed by atoms with Crippen LogP contribution in [0.15, 0.2) is 24.3 Å². The van der Waals surface area contributed by atoms with Crippen LogP contribution in [0, 0.1) is 0 Å². The van der Waals surface area contributed by atoms with Crippen molar-refractivity contribution in [3.8, 4) is 5.75 Å². The van der Waals surface area contributed by atoms with Gasteiger partial charge >= 0.3 is 0 Å². The van der Waals surface area contributed by atoms with Crippen molar-refractivity contribution in [3.05, 3.63) is 29.8 Å². The third-order valence-corrected chi connectivity index (χ3v) is 3.16. The number of benzene rings is 1. The second kappa shape index (κ2) is 7.14. The van der Waals surface area contributed by atoms with E-state index in [9.17, 15) is 4.79 Å². The zero-order valence-corrected chi connectivity index (χ0v) is 11.4. The number of aryl methyl sites for hydroxylation is 1. The van der Waals surface area contributed by atoms with Crippen LogP contribution in [-0.4, -0.2) is 43.7 Å². The van der Waals surface area contributed by atoms with Gasteiger partial charge in [0.2, 0.25) is 0 Å². The van der Waals surface area contributed by atoms with Gasteiger partial charge < -0.3 is 14.4 Å². The molecule has 0 saturated carbocycles. The van der Waals surface area contributed by atoms with Gasteiger partial charge in [-0.1, -0.05) is 25.5 Å². The normalized spacial score (nSPS) is 15.3. The lowest BCUT2D eigenvalue weighted by atomic mass is 10.1. The van der Waals surface area contributed by atoms with E-state index in [1.165, 1.54) is 5.56 Å². The van der Waals surface area contributed by atoms with Crippen molar-refractivity contribution in [2.75, 3.05) is 32.9 Å². The molecule has 4 heteroatoms. The fourth-order valence-electron chi connectivity index (χ4n) is 2.13. The van der Waals surface area contributed by atoms with E-state index in [1.807, 2.05) is 18.2 Å². The SMILES string of the molecule is CCCc1cccc(OCC(=O)N2CCOCC2)c1. The van der Waals surface area contributed by atoms with Gasteiger partial charge in [-0.15, -0.1) is 0 Å². The Kier molecular flexibility index (Phi) is 5.21. The number of rotatable bonds is 5. The van der Waals surface area contributed by atoms with Gasteiger partial charge in [0.05, 0.1) is 13.2 Å². The van der Waals surface area contributed by atoms with E-state index in [2.05, 4.69) is 13.0 Å². The summed E-state index contributed by atoms with van der Waals surface area (Å²) in [7, 11) is 0. The summed E-state index contributed by atoms with van der Waals surface area (Å²) in [5.74, 6) is 0.803. The largest absolute Gasteiger partial charge is 0.484 e. The molecule has 1 aromatic carbocycles. The summed E-state index contributed by atoms with van der Waals surface area (Å²) in [4.78, 5) is 13.7. The van der Waals surface area contributed by atoms with E-state index >= 15 is 0 Å². The zero-order valence-electron chi connectivity index (χ0n) is 11.4. The first-order valence-electron chi connectivity index (χ1n) is 6.87. The van der Waals surface area contributed by atoms with Crippen molar-refractivity contribution in [2.24, 2.45) is 0 Å². The summed E-state index contributed by atoms with van der Waals surface area (Å²) in [6.07, 6.45) is 2.14. The summed E-state index contributed by atoms with van der Waals surface area (Å²) in [5, 5.41) is 0. The van der Waals surface area contributed by atoms with Crippen molar-refractivity contribution in [1.29, 1.82) is 0 Å². The number of carbonyl (C=O) groups excluding carboxylic acids is 1. The molecule has 1 aromatic rings. The number of carbonyl (C=O) groups is 1. The Morgan fingerprint density at radius 2 is 2.16 bits per heavy atom. The van der Waals surface area contributed by atoms with Crippen LogP contribution < -0.4 is 4.74 Å². The van der Waals surface area contributed by atoms with Crippen LogP contribution in [0.1, 0.15) is 18.9 Å². The van der Waals surface area contributed by atoms with Crippen LogP contribution in [0.4, 0.5) is 0 Å². The predicted octanol–water partition coefficient (Wildman–Crippen LogP) is 1.88. The highest BCUT2D eigenvalue weighted by Gasteiger charge is 2.16. The van der Waals surface area contributed by atoms with E-state index in [0.717, 1.165) is 18.6 Å². The highest BCUT2D eigenvalue weighted by atomic mass is 16.5. The molecule has 104 valence electrons. The first-order valence-corrected chi connectivity index (χ1v) is 6.87. The molecule has 4 nitrogen and oxygen atoms in total. The molecule has 1 amide bonds. The molecule has 0 radical (unpaired) electrons. The Bertz CT molecular complexity index is 414. The topological polar surface area (TPSA) is 38.8 Å². The molecular weight excluding hydrogens is 242 g/mol. The van der Waals surface area contributed by atoms with Crippen LogP contribution in [-0.2, 0) is 16.0 Å². The first-order chi connectivity index (χ1) is 9.29. The lowest BCUT2D eigenvalue weighted by molar-refractivity contribution is -0.137. The number of morpholine rings is 1. The lowest BCUT2D eigenvalue weighted by Gasteiger charge is -2.26. The van der Waals surface area contributed by atoms with Gasteiger partial charge in [0.25, 0.3) is 5.91 Å². The number of hydrogen-bond acceptors (Lipinski definition) is 3. The van der Waals surface area contributed by atoms with Crippen LogP contribution in [0.2, 0.25) is 0 Å². The van der Waals surface area contributed by atoms with Gasteiger partial charge in [0.1, 0.15) is 5.75 Å². The van der Waals surface area contributed by atoms with E-state index < -0.39 is 0 Å². The maximum atomic E-state index is 11.9. The molecule has 1 fully saturated rings. The van der Waals surface area contributed by atoms with Gasteiger partial charge in [-0.2, -0.15) is 0 Å². The quantitative estimate of drug-likeness (QED) is 0.814. The fourth-order valence-corrected chi connectivity index (χ4v) is 2.13. The smallest absolute Gasteiger partial charge is 0.260 e. The second-order valence-electron chi connectivity index (χ2n) is 4.68. The Balaban J connectivity index is 1.83. The third-order valence-electron chi connectivity index (χ3n) is 3.16. The van der Waals surface area contributed by atoms with E-state index in [-0.39, 0.29) is 12.5 Å². The van der Waals surface area contributed by atoms with Crippen LogP contribution in [0.25, 0.3) is 0 Å². The molecular formula is C15H21NO3. The average molecular weight is 263 g/mol. The molecule has 0 atom stereocenters. The number of hydrogen-bond donors (Lipinski definition) is 0. The Hall–Kier alpha value is -1.55. The maximum Gasteiger partial charge on any atom is 0.260 e. The van der Waals surface area contributed by atoms with Crippen molar-refractivity contribution in [1.82, 2.24) is 4.90 Å². The molecule has 1 aliphatic heterocycles. The van der Waals surface area contributed by atoms with E-state index in [4.69, 9.17) is 9.47 Å². The highest BCUT2D eigenvalue weighted by Crippen LogP contribution is 2.14. The lowest BCUT2D eigenvalue weighted by Crippen LogP contribution is -2.42. The third kappa shape index (κ3) is 4.24. The van der Waals surface area contributed by atoms with Crippen LogP contribution in [0.3, 0.4) is 0 Å².